The first kappa shape index (κ1) is 17.2. The number of carbonyl (C=O) groups is 2. The predicted octanol–water partition coefficient (Wildman–Crippen LogP) is 3.85. The van der Waals surface area contributed by atoms with Crippen LogP contribution in [-0.2, 0) is 11.3 Å². The molecule has 130 valence electrons. The lowest BCUT2D eigenvalue weighted by molar-refractivity contribution is 0.0472. The fraction of sp³-hybridized carbons (Fsp3) is 0.0476. The van der Waals surface area contributed by atoms with Gasteiger partial charge in [0.15, 0.2) is 0 Å². The normalized spacial score (nSPS) is 10.2. The van der Waals surface area contributed by atoms with Crippen LogP contribution in [0, 0.1) is 0 Å². The first-order chi connectivity index (χ1) is 12.6. The van der Waals surface area contributed by atoms with E-state index in [2.05, 4.69) is 0 Å². The minimum Gasteiger partial charge on any atom is -0.457 e. The molecule has 0 aliphatic rings. The Balaban J connectivity index is 1.58. The van der Waals surface area contributed by atoms with Gasteiger partial charge in [0.1, 0.15) is 12.4 Å². The molecule has 0 spiro atoms. The van der Waals surface area contributed by atoms with E-state index in [0.717, 1.165) is 5.56 Å². The molecule has 0 saturated heterocycles. The van der Waals surface area contributed by atoms with Gasteiger partial charge >= 0.3 is 11.9 Å². The van der Waals surface area contributed by atoms with Crippen LogP contribution in [0.1, 0.15) is 26.3 Å². The Bertz CT molecular complexity index is 888. The Kier molecular flexibility index (Phi) is 5.29. The fourth-order valence-corrected chi connectivity index (χ4v) is 2.25. The van der Waals surface area contributed by atoms with E-state index < -0.39 is 11.9 Å². The largest absolute Gasteiger partial charge is 0.457 e. The molecule has 0 saturated carbocycles. The van der Waals surface area contributed by atoms with E-state index in [1.54, 1.807) is 48.5 Å². The summed E-state index contributed by atoms with van der Waals surface area (Å²) in [6, 6.07) is 22.1. The summed E-state index contributed by atoms with van der Waals surface area (Å²) < 4.78 is 10.5. The lowest BCUT2D eigenvalue weighted by Gasteiger charge is -2.07. The molecule has 26 heavy (non-hydrogen) atoms. The van der Waals surface area contributed by atoms with E-state index in [1.165, 1.54) is 0 Å². The van der Waals surface area contributed by atoms with Crippen molar-refractivity contribution in [1.29, 1.82) is 0 Å². The summed E-state index contributed by atoms with van der Waals surface area (Å²) >= 11 is 0. The zero-order valence-electron chi connectivity index (χ0n) is 13.9. The zero-order chi connectivity index (χ0) is 18.4. The van der Waals surface area contributed by atoms with E-state index in [-0.39, 0.29) is 6.61 Å². The number of ether oxygens (including phenoxy) is 2. The number of nitrogens with two attached hydrogens (primary N) is 1. The molecule has 5 heteroatoms. The van der Waals surface area contributed by atoms with Gasteiger partial charge in [-0.2, -0.15) is 0 Å². The number of hydrogen-bond acceptors (Lipinski definition) is 5. The van der Waals surface area contributed by atoms with Gasteiger partial charge in [-0.05, 0) is 54.1 Å². The van der Waals surface area contributed by atoms with Crippen LogP contribution in [0.4, 0.5) is 5.69 Å². The van der Waals surface area contributed by atoms with Crippen LogP contribution < -0.4 is 10.5 Å². The molecule has 5 nitrogen and oxygen atoms in total. The quantitative estimate of drug-likeness (QED) is 0.431. The summed E-state index contributed by atoms with van der Waals surface area (Å²) in [6.45, 7) is 0.202. The van der Waals surface area contributed by atoms with Gasteiger partial charge in [-0.25, -0.2) is 9.59 Å². The van der Waals surface area contributed by atoms with E-state index in [9.17, 15) is 9.59 Å². The highest BCUT2D eigenvalue weighted by molar-refractivity contribution is 5.92. The maximum absolute atomic E-state index is 12.1. The summed E-state index contributed by atoms with van der Waals surface area (Å²) in [5.41, 5.74) is 7.85. The van der Waals surface area contributed by atoms with Gasteiger partial charge in [-0.3, -0.25) is 0 Å². The van der Waals surface area contributed by atoms with Gasteiger partial charge in [0.05, 0.1) is 11.1 Å². The maximum Gasteiger partial charge on any atom is 0.343 e. The lowest BCUT2D eigenvalue weighted by Crippen LogP contribution is -2.09. The van der Waals surface area contributed by atoms with Gasteiger partial charge in [-0.15, -0.1) is 0 Å². The third kappa shape index (κ3) is 4.48. The summed E-state index contributed by atoms with van der Waals surface area (Å²) in [5.74, 6) is -0.596. The Hall–Kier alpha value is -3.60. The van der Waals surface area contributed by atoms with Crippen LogP contribution in [-0.4, -0.2) is 11.9 Å². The molecule has 3 aromatic rings. The molecule has 0 amide bonds. The van der Waals surface area contributed by atoms with Gasteiger partial charge < -0.3 is 15.2 Å². The molecule has 0 atom stereocenters. The summed E-state index contributed by atoms with van der Waals surface area (Å²) in [5, 5.41) is 0. The van der Waals surface area contributed by atoms with Gasteiger partial charge in [0.25, 0.3) is 0 Å². The second-order valence-corrected chi connectivity index (χ2v) is 5.60. The molecule has 0 aliphatic heterocycles. The van der Waals surface area contributed by atoms with Crippen molar-refractivity contribution in [2.24, 2.45) is 0 Å². The van der Waals surface area contributed by atoms with Gasteiger partial charge in [-0.1, -0.05) is 30.3 Å². The fourth-order valence-electron chi connectivity index (χ4n) is 2.25. The van der Waals surface area contributed by atoms with E-state index in [0.29, 0.717) is 22.6 Å². The van der Waals surface area contributed by atoms with Crippen LogP contribution in [0.5, 0.6) is 5.75 Å². The summed E-state index contributed by atoms with van der Waals surface area (Å²) in [6.07, 6.45) is 0. The van der Waals surface area contributed by atoms with E-state index in [4.69, 9.17) is 15.2 Å². The second kappa shape index (κ2) is 7.98. The maximum atomic E-state index is 12.1. The molecule has 3 aromatic carbocycles. The van der Waals surface area contributed by atoms with Crippen LogP contribution in [0.3, 0.4) is 0 Å². The van der Waals surface area contributed by atoms with Gasteiger partial charge in [0, 0.05) is 5.69 Å². The molecule has 0 unspecified atom stereocenters. The lowest BCUT2D eigenvalue weighted by atomic mass is 10.2. The van der Waals surface area contributed by atoms with Crippen molar-refractivity contribution in [3.8, 4) is 5.75 Å². The zero-order valence-corrected chi connectivity index (χ0v) is 13.9. The monoisotopic (exact) mass is 347 g/mol. The summed E-state index contributed by atoms with van der Waals surface area (Å²) in [4.78, 5) is 24.1. The van der Waals surface area contributed by atoms with Crippen molar-refractivity contribution in [3.05, 3.63) is 95.6 Å². The molecule has 3 rings (SSSR count). The van der Waals surface area contributed by atoms with Crippen molar-refractivity contribution in [3.63, 3.8) is 0 Å². The second-order valence-electron chi connectivity index (χ2n) is 5.60. The molecule has 0 aliphatic carbocycles. The molecular formula is C21H17NO4. The highest BCUT2D eigenvalue weighted by atomic mass is 16.5. The van der Waals surface area contributed by atoms with Crippen molar-refractivity contribution in [1.82, 2.24) is 0 Å². The Morgan fingerprint density at radius 1 is 0.731 bits per heavy atom. The SMILES string of the molecule is Nc1ccc(C(=O)Oc2ccc(C(=O)OCc3ccccc3)cc2)cc1. The summed E-state index contributed by atoms with van der Waals surface area (Å²) in [7, 11) is 0. The minimum atomic E-state index is -0.496. The average molecular weight is 347 g/mol. The number of benzene rings is 3. The predicted molar refractivity (Wildman–Crippen MR) is 97.8 cm³/mol. The third-order valence-corrected chi connectivity index (χ3v) is 3.66. The highest BCUT2D eigenvalue weighted by Crippen LogP contribution is 2.16. The molecule has 0 heterocycles. The minimum absolute atomic E-state index is 0.202. The first-order valence-electron chi connectivity index (χ1n) is 8.00. The molecule has 0 aromatic heterocycles. The van der Waals surface area contributed by atoms with Crippen molar-refractivity contribution in [2.75, 3.05) is 5.73 Å². The molecule has 0 fully saturated rings. The average Bonchev–Trinajstić information content (AvgIpc) is 2.68. The van der Waals surface area contributed by atoms with E-state index in [1.807, 2.05) is 30.3 Å². The highest BCUT2D eigenvalue weighted by Gasteiger charge is 2.11. The van der Waals surface area contributed by atoms with Crippen molar-refractivity contribution >= 4 is 17.6 Å². The number of carbonyl (C=O) groups excluding carboxylic acids is 2. The molecular weight excluding hydrogens is 330 g/mol. The van der Waals surface area contributed by atoms with Crippen molar-refractivity contribution in [2.45, 2.75) is 6.61 Å². The van der Waals surface area contributed by atoms with Crippen molar-refractivity contribution < 1.29 is 19.1 Å². The van der Waals surface area contributed by atoms with Crippen LogP contribution in [0.25, 0.3) is 0 Å². The molecule has 0 radical (unpaired) electrons. The standard InChI is InChI=1S/C21H17NO4/c22-18-10-6-17(7-11-18)21(24)26-19-12-8-16(9-13-19)20(23)25-14-15-4-2-1-3-5-15/h1-13H,14,22H2. The van der Waals surface area contributed by atoms with E-state index >= 15 is 0 Å². The van der Waals surface area contributed by atoms with Gasteiger partial charge in [0.2, 0.25) is 0 Å². The topological polar surface area (TPSA) is 78.6 Å². The number of rotatable bonds is 5. The number of nitrogen functional groups attached to an aromatic ring is 1. The third-order valence-electron chi connectivity index (χ3n) is 3.66. The first-order valence-corrected chi connectivity index (χ1v) is 8.00. The molecule has 0 bridgehead atoms. The van der Waals surface area contributed by atoms with Crippen LogP contribution >= 0.6 is 0 Å². The van der Waals surface area contributed by atoms with Crippen LogP contribution in [0.2, 0.25) is 0 Å². The Labute approximate surface area is 151 Å². The number of hydrogen-bond donors (Lipinski definition) is 1. The number of esters is 2. The smallest absolute Gasteiger partial charge is 0.343 e. The van der Waals surface area contributed by atoms with Crippen LogP contribution in [0.15, 0.2) is 78.9 Å². The Morgan fingerprint density at radius 3 is 1.96 bits per heavy atom. The molecule has 2 N–H and O–H groups in total. The Morgan fingerprint density at radius 2 is 1.31 bits per heavy atom. The number of anilines is 1.